The van der Waals surface area contributed by atoms with Gasteiger partial charge in [-0.25, -0.2) is 9.97 Å². The number of aromatic nitrogens is 2. The van der Waals surface area contributed by atoms with Crippen LogP contribution in [0.2, 0.25) is 0 Å². The lowest BCUT2D eigenvalue weighted by Gasteiger charge is -2.24. The van der Waals surface area contributed by atoms with Crippen LogP contribution < -0.4 is 5.73 Å². The van der Waals surface area contributed by atoms with Crippen molar-refractivity contribution in [2.45, 2.75) is 44.9 Å². The molecule has 1 unspecified atom stereocenters. The average Bonchev–Trinajstić information content (AvgIpc) is 2.46. The van der Waals surface area contributed by atoms with Crippen molar-refractivity contribution in [1.82, 2.24) is 9.97 Å². The van der Waals surface area contributed by atoms with Crippen molar-refractivity contribution in [2.24, 2.45) is 0 Å². The molecule has 1 heterocycles. The van der Waals surface area contributed by atoms with Gasteiger partial charge in [0.05, 0.1) is 0 Å². The number of anilines is 1. The summed E-state index contributed by atoms with van der Waals surface area (Å²) in [5, 5.41) is 0. The minimum absolute atomic E-state index is 0.384. The highest BCUT2D eigenvalue weighted by molar-refractivity contribution is 5.35. The maximum absolute atomic E-state index is 5.95. The van der Waals surface area contributed by atoms with Gasteiger partial charge in [0.1, 0.15) is 11.6 Å². The number of hydrogen-bond donors (Lipinski definition) is 1. The van der Waals surface area contributed by atoms with Gasteiger partial charge in [-0.3, -0.25) is 0 Å². The minimum Gasteiger partial charge on any atom is -0.384 e. The maximum atomic E-state index is 5.95. The summed E-state index contributed by atoms with van der Waals surface area (Å²) in [5.74, 6) is 2.29. The van der Waals surface area contributed by atoms with E-state index >= 15 is 0 Å². The quantitative estimate of drug-likeness (QED) is 0.906. The molecule has 3 nitrogen and oxygen atoms in total. The first-order valence-corrected chi connectivity index (χ1v) is 7.34. The summed E-state index contributed by atoms with van der Waals surface area (Å²) in [7, 11) is 0. The zero-order valence-corrected chi connectivity index (χ0v) is 12.1. The molecular weight excluding hydrogens is 246 g/mol. The lowest BCUT2D eigenvalue weighted by atomic mass is 9.83. The first-order chi connectivity index (χ1) is 9.63. The van der Waals surface area contributed by atoms with Crippen LogP contribution in [-0.4, -0.2) is 9.97 Å². The Hall–Kier alpha value is -1.90. The number of benzene rings is 1. The van der Waals surface area contributed by atoms with Gasteiger partial charge in [-0.15, -0.1) is 0 Å². The predicted octanol–water partition coefficient (Wildman–Crippen LogP) is 3.45. The van der Waals surface area contributed by atoms with E-state index < -0.39 is 0 Å². The SMILES string of the molecule is CC(C)c1cc(N)nc(C2CCc3ccccc3C2)n1. The van der Waals surface area contributed by atoms with Crippen LogP contribution in [0.15, 0.2) is 30.3 Å². The van der Waals surface area contributed by atoms with Gasteiger partial charge in [-0.1, -0.05) is 38.1 Å². The van der Waals surface area contributed by atoms with E-state index in [2.05, 4.69) is 43.1 Å². The largest absolute Gasteiger partial charge is 0.384 e. The van der Waals surface area contributed by atoms with Crippen molar-refractivity contribution in [3.8, 4) is 0 Å². The van der Waals surface area contributed by atoms with Crippen LogP contribution in [0.5, 0.6) is 0 Å². The van der Waals surface area contributed by atoms with Gasteiger partial charge >= 0.3 is 0 Å². The van der Waals surface area contributed by atoms with E-state index in [1.807, 2.05) is 6.07 Å². The summed E-state index contributed by atoms with van der Waals surface area (Å²) in [6.45, 7) is 4.28. The van der Waals surface area contributed by atoms with E-state index in [9.17, 15) is 0 Å². The molecule has 1 atom stereocenters. The van der Waals surface area contributed by atoms with E-state index in [0.717, 1.165) is 30.8 Å². The Balaban J connectivity index is 1.91. The average molecular weight is 267 g/mol. The number of nitrogens with two attached hydrogens (primary N) is 1. The highest BCUT2D eigenvalue weighted by Gasteiger charge is 2.23. The topological polar surface area (TPSA) is 51.8 Å². The molecule has 0 aliphatic heterocycles. The summed E-state index contributed by atoms with van der Waals surface area (Å²) in [6, 6.07) is 10.6. The van der Waals surface area contributed by atoms with Crippen molar-refractivity contribution >= 4 is 5.82 Å². The van der Waals surface area contributed by atoms with Gasteiger partial charge in [0.25, 0.3) is 0 Å². The van der Waals surface area contributed by atoms with Crippen molar-refractivity contribution < 1.29 is 0 Å². The monoisotopic (exact) mass is 267 g/mol. The molecule has 0 saturated carbocycles. The maximum Gasteiger partial charge on any atom is 0.134 e. The van der Waals surface area contributed by atoms with Crippen LogP contribution in [-0.2, 0) is 12.8 Å². The third-order valence-electron chi connectivity index (χ3n) is 4.09. The summed E-state index contributed by atoms with van der Waals surface area (Å²) in [4.78, 5) is 9.22. The third kappa shape index (κ3) is 2.53. The Morgan fingerprint density at radius 3 is 2.65 bits per heavy atom. The van der Waals surface area contributed by atoms with E-state index in [1.165, 1.54) is 11.1 Å². The molecule has 0 amide bonds. The molecule has 0 radical (unpaired) electrons. The van der Waals surface area contributed by atoms with E-state index in [0.29, 0.717) is 17.7 Å². The van der Waals surface area contributed by atoms with Crippen LogP contribution in [0.1, 0.15) is 54.7 Å². The first-order valence-electron chi connectivity index (χ1n) is 7.34. The third-order valence-corrected chi connectivity index (χ3v) is 4.09. The van der Waals surface area contributed by atoms with Crippen molar-refractivity contribution in [2.75, 3.05) is 5.73 Å². The number of rotatable bonds is 2. The lowest BCUT2D eigenvalue weighted by molar-refractivity contribution is 0.551. The molecule has 2 N–H and O–H groups in total. The second-order valence-electron chi connectivity index (χ2n) is 5.94. The number of fused-ring (bicyclic) bond motifs is 1. The fraction of sp³-hybridized carbons (Fsp3) is 0.412. The van der Waals surface area contributed by atoms with E-state index in [1.54, 1.807) is 0 Å². The standard InChI is InChI=1S/C17H21N3/c1-11(2)15-10-16(18)20-17(19-15)14-8-7-12-5-3-4-6-13(12)9-14/h3-6,10-11,14H,7-9H2,1-2H3,(H2,18,19,20). The fourth-order valence-corrected chi connectivity index (χ4v) is 2.90. The minimum atomic E-state index is 0.384. The zero-order valence-electron chi connectivity index (χ0n) is 12.1. The Labute approximate surface area is 120 Å². The zero-order chi connectivity index (χ0) is 14.1. The normalized spacial score (nSPS) is 18.1. The molecule has 0 spiro atoms. The van der Waals surface area contributed by atoms with Gasteiger partial charge in [0, 0.05) is 17.7 Å². The number of hydrogen-bond acceptors (Lipinski definition) is 3. The molecule has 1 aliphatic carbocycles. The second-order valence-corrected chi connectivity index (χ2v) is 5.94. The van der Waals surface area contributed by atoms with E-state index in [-0.39, 0.29) is 0 Å². The van der Waals surface area contributed by atoms with Gasteiger partial charge in [0.15, 0.2) is 0 Å². The molecule has 20 heavy (non-hydrogen) atoms. The van der Waals surface area contributed by atoms with Crippen molar-refractivity contribution in [3.63, 3.8) is 0 Å². The summed E-state index contributed by atoms with van der Waals surface area (Å²) in [5.41, 5.74) is 9.90. The van der Waals surface area contributed by atoms with Crippen LogP contribution in [0.3, 0.4) is 0 Å². The van der Waals surface area contributed by atoms with Crippen LogP contribution in [0.25, 0.3) is 0 Å². The fourth-order valence-electron chi connectivity index (χ4n) is 2.90. The molecule has 1 aromatic heterocycles. The Kier molecular flexibility index (Phi) is 3.43. The summed E-state index contributed by atoms with van der Waals surface area (Å²) in [6.07, 6.45) is 3.24. The molecule has 0 saturated heterocycles. The molecule has 3 heteroatoms. The van der Waals surface area contributed by atoms with E-state index in [4.69, 9.17) is 10.7 Å². The van der Waals surface area contributed by atoms with Crippen LogP contribution >= 0.6 is 0 Å². The molecule has 2 aromatic rings. The second kappa shape index (κ2) is 5.23. The predicted molar refractivity (Wildman–Crippen MR) is 81.7 cm³/mol. The molecular formula is C17H21N3. The molecule has 104 valence electrons. The van der Waals surface area contributed by atoms with Gasteiger partial charge in [-0.05, 0) is 36.3 Å². The van der Waals surface area contributed by atoms with Crippen LogP contribution in [0, 0.1) is 0 Å². The lowest BCUT2D eigenvalue weighted by Crippen LogP contribution is -2.16. The number of nitrogens with zero attached hydrogens (tertiary/aromatic N) is 2. The first kappa shape index (κ1) is 13.1. The van der Waals surface area contributed by atoms with Gasteiger partial charge in [-0.2, -0.15) is 0 Å². The summed E-state index contributed by atoms with van der Waals surface area (Å²) >= 11 is 0. The molecule has 0 fully saturated rings. The van der Waals surface area contributed by atoms with Gasteiger partial charge in [0.2, 0.25) is 0 Å². The summed E-state index contributed by atoms with van der Waals surface area (Å²) < 4.78 is 0. The Bertz CT molecular complexity index is 619. The molecule has 1 aliphatic rings. The Morgan fingerprint density at radius 1 is 1.15 bits per heavy atom. The van der Waals surface area contributed by atoms with Crippen LogP contribution in [0.4, 0.5) is 5.82 Å². The smallest absolute Gasteiger partial charge is 0.134 e. The van der Waals surface area contributed by atoms with Crippen molar-refractivity contribution in [1.29, 1.82) is 0 Å². The van der Waals surface area contributed by atoms with Gasteiger partial charge < -0.3 is 5.73 Å². The highest BCUT2D eigenvalue weighted by atomic mass is 15.0. The number of nitrogen functional groups attached to an aromatic ring is 1. The molecule has 0 bridgehead atoms. The number of aryl methyl sites for hydroxylation is 1. The highest BCUT2D eigenvalue weighted by Crippen LogP contribution is 2.31. The Morgan fingerprint density at radius 2 is 1.90 bits per heavy atom. The van der Waals surface area contributed by atoms with Crippen molar-refractivity contribution in [3.05, 3.63) is 53.0 Å². The molecule has 1 aromatic carbocycles. The molecule has 3 rings (SSSR count).